The second-order valence-electron chi connectivity index (χ2n) is 5.13. The summed E-state index contributed by atoms with van der Waals surface area (Å²) >= 11 is 6.01. The molecule has 0 radical (unpaired) electrons. The van der Waals surface area contributed by atoms with E-state index in [4.69, 9.17) is 22.1 Å². The molecule has 0 unspecified atom stereocenters. The number of hydrogen-bond donors (Lipinski definition) is 1. The Morgan fingerprint density at radius 3 is 2.57 bits per heavy atom. The van der Waals surface area contributed by atoms with Gasteiger partial charge in [0.15, 0.2) is 5.15 Å². The third-order valence-corrected chi connectivity index (χ3v) is 4.06. The summed E-state index contributed by atoms with van der Waals surface area (Å²) in [6, 6.07) is 1.41. The number of nitrogens with zero attached hydrogens (tertiary/aromatic N) is 2. The van der Waals surface area contributed by atoms with Crippen molar-refractivity contribution in [3.05, 3.63) is 16.8 Å². The van der Waals surface area contributed by atoms with Crippen LogP contribution < -0.4 is 5.73 Å². The van der Waals surface area contributed by atoms with E-state index in [1.807, 2.05) is 0 Å². The van der Waals surface area contributed by atoms with E-state index in [9.17, 15) is 13.6 Å². The molecule has 1 aliphatic rings. The van der Waals surface area contributed by atoms with Crippen LogP contribution in [0, 0.1) is 0 Å². The van der Waals surface area contributed by atoms with Crippen molar-refractivity contribution in [1.82, 2.24) is 10.2 Å². The van der Waals surface area contributed by atoms with E-state index in [1.165, 1.54) is 6.07 Å². The van der Waals surface area contributed by atoms with E-state index in [0.717, 1.165) is 0 Å². The average Bonchev–Trinajstić information content (AvgIpc) is 2.42. The van der Waals surface area contributed by atoms with Crippen LogP contribution in [0.15, 0.2) is 6.07 Å². The van der Waals surface area contributed by atoms with Crippen LogP contribution >= 0.6 is 11.6 Å². The molecule has 5 nitrogen and oxygen atoms in total. The van der Waals surface area contributed by atoms with Gasteiger partial charge in [0.1, 0.15) is 5.82 Å². The fourth-order valence-electron chi connectivity index (χ4n) is 2.62. The van der Waals surface area contributed by atoms with E-state index in [2.05, 4.69) is 10.2 Å². The molecule has 2 rings (SSSR count). The van der Waals surface area contributed by atoms with Crippen molar-refractivity contribution in [3.8, 4) is 0 Å². The van der Waals surface area contributed by atoms with Crippen LogP contribution in [0.1, 0.15) is 38.2 Å². The number of rotatable bonds is 3. The van der Waals surface area contributed by atoms with Crippen molar-refractivity contribution in [2.24, 2.45) is 0 Å². The van der Waals surface area contributed by atoms with Gasteiger partial charge in [-0.1, -0.05) is 11.6 Å². The maximum Gasteiger partial charge on any atom is 0.316 e. The van der Waals surface area contributed by atoms with Gasteiger partial charge >= 0.3 is 5.97 Å². The smallest absolute Gasteiger partial charge is 0.316 e. The molecular formula is C13H16ClF2N3O2. The summed E-state index contributed by atoms with van der Waals surface area (Å²) in [7, 11) is 0. The highest BCUT2D eigenvalue weighted by atomic mass is 35.5. The van der Waals surface area contributed by atoms with Gasteiger partial charge in [-0.3, -0.25) is 4.79 Å². The summed E-state index contributed by atoms with van der Waals surface area (Å²) in [5.41, 5.74) is 4.66. The number of alkyl halides is 2. The molecule has 1 aliphatic carbocycles. The third-order valence-electron chi connectivity index (χ3n) is 3.78. The number of ether oxygens (including phenoxy) is 1. The third kappa shape index (κ3) is 3.07. The monoisotopic (exact) mass is 319 g/mol. The lowest BCUT2D eigenvalue weighted by Crippen LogP contribution is -2.44. The Balaban J connectivity index is 2.46. The van der Waals surface area contributed by atoms with E-state index in [1.54, 1.807) is 6.92 Å². The van der Waals surface area contributed by atoms with Crippen LogP contribution in [0.2, 0.25) is 5.15 Å². The quantitative estimate of drug-likeness (QED) is 0.867. The molecule has 1 aromatic heterocycles. The first kappa shape index (κ1) is 15.9. The summed E-state index contributed by atoms with van der Waals surface area (Å²) in [4.78, 5) is 12.4. The van der Waals surface area contributed by atoms with Gasteiger partial charge < -0.3 is 10.5 Å². The Morgan fingerprint density at radius 1 is 1.38 bits per heavy atom. The molecule has 116 valence electrons. The Kier molecular flexibility index (Phi) is 4.32. The average molecular weight is 320 g/mol. The van der Waals surface area contributed by atoms with Crippen LogP contribution in [-0.4, -0.2) is 28.7 Å². The second-order valence-corrected chi connectivity index (χ2v) is 5.49. The molecule has 0 bridgehead atoms. The van der Waals surface area contributed by atoms with Crippen molar-refractivity contribution in [2.75, 3.05) is 12.3 Å². The molecule has 0 aromatic carbocycles. The first-order chi connectivity index (χ1) is 9.81. The number of nitrogen functional groups attached to an aromatic ring is 1. The zero-order valence-electron chi connectivity index (χ0n) is 11.5. The van der Waals surface area contributed by atoms with Crippen LogP contribution in [0.4, 0.5) is 14.6 Å². The maximum absolute atomic E-state index is 13.5. The maximum atomic E-state index is 13.5. The molecule has 2 N–H and O–H groups in total. The summed E-state index contributed by atoms with van der Waals surface area (Å²) in [5.74, 6) is -3.28. The lowest BCUT2D eigenvalue weighted by Gasteiger charge is -2.38. The van der Waals surface area contributed by atoms with Crippen molar-refractivity contribution in [1.29, 1.82) is 0 Å². The van der Waals surface area contributed by atoms with Crippen LogP contribution in [0.25, 0.3) is 0 Å². The number of aromatic nitrogens is 2. The Morgan fingerprint density at radius 2 is 2.00 bits per heavy atom. The molecule has 8 heteroatoms. The van der Waals surface area contributed by atoms with E-state index in [0.29, 0.717) is 5.56 Å². The predicted octanol–water partition coefficient (Wildman–Crippen LogP) is 2.72. The molecular weight excluding hydrogens is 304 g/mol. The van der Waals surface area contributed by atoms with Gasteiger partial charge in [-0.05, 0) is 25.8 Å². The van der Waals surface area contributed by atoms with Crippen molar-refractivity contribution in [3.63, 3.8) is 0 Å². The molecule has 0 aliphatic heterocycles. The molecule has 1 saturated carbocycles. The van der Waals surface area contributed by atoms with Crippen molar-refractivity contribution >= 4 is 23.4 Å². The number of carbonyl (C=O) groups is 1. The lowest BCUT2D eigenvalue weighted by molar-refractivity contribution is -0.155. The SMILES string of the molecule is CCOC(=O)C1(c2cc(N)nnc2Cl)CCC(F)(F)CC1. The van der Waals surface area contributed by atoms with Crippen LogP contribution in [-0.2, 0) is 14.9 Å². The number of hydrogen-bond acceptors (Lipinski definition) is 5. The number of nitrogens with two attached hydrogens (primary N) is 1. The molecule has 1 heterocycles. The van der Waals surface area contributed by atoms with Gasteiger partial charge in [0, 0.05) is 18.4 Å². The topological polar surface area (TPSA) is 78.1 Å². The Hall–Kier alpha value is -1.50. The van der Waals surface area contributed by atoms with Crippen molar-refractivity contribution in [2.45, 2.75) is 43.9 Å². The van der Waals surface area contributed by atoms with E-state index >= 15 is 0 Å². The van der Waals surface area contributed by atoms with E-state index < -0.39 is 30.1 Å². The zero-order chi connectivity index (χ0) is 15.7. The summed E-state index contributed by atoms with van der Waals surface area (Å²) in [6.45, 7) is 1.81. The highest BCUT2D eigenvalue weighted by molar-refractivity contribution is 6.30. The van der Waals surface area contributed by atoms with Gasteiger partial charge in [-0.15, -0.1) is 10.2 Å². The molecule has 1 fully saturated rings. The standard InChI is InChI=1S/C13H16ClF2N3O2/c1-2-21-11(20)12(3-5-13(15,16)6-4-12)8-7-9(17)18-19-10(8)14/h7H,2-6H2,1H3,(H2,17,18). The highest BCUT2D eigenvalue weighted by Gasteiger charge is 2.51. The summed E-state index contributed by atoms with van der Waals surface area (Å²) in [5, 5.41) is 7.26. The Labute approximate surface area is 125 Å². The van der Waals surface area contributed by atoms with Gasteiger partial charge in [-0.25, -0.2) is 8.78 Å². The summed E-state index contributed by atoms with van der Waals surface area (Å²) in [6.07, 6.45) is -0.956. The summed E-state index contributed by atoms with van der Waals surface area (Å²) < 4.78 is 32.0. The van der Waals surface area contributed by atoms with Crippen molar-refractivity contribution < 1.29 is 18.3 Å². The molecule has 1 aromatic rings. The number of halogens is 3. The molecule has 0 spiro atoms. The number of carbonyl (C=O) groups excluding carboxylic acids is 1. The fourth-order valence-corrected chi connectivity index (χ4v) is 2.90. The largest absolute Gasteiger partial charge is 0.465 e. The number of anilines is 1. The highest BCUT2D eigenvalue weighted by Crippen LogP contribution is 2.47. The minimum atomic E-state index is -2.78. The zero-order valence-corrected chi connectivity index (χ0v) is 12.3. The fraction of sp³-hybridized carbons (Fsp3) is 0.615. The molecule has 0 atom stereocenters. The van der Waals surface area contributed by atoms with Crippen LogP contribution in [0.3, 0.4) is 0 Å². The Bertz CT molecular complexity index is 544. The minimum absolute atomic E-state index is 0.0116. The number of esters is 1. The normalized spacial score (nSPS) is 20.0. The van der Waals surface area contributed by atoms with Crippen LogP contribution in [0.5, 0.6) is 0 Å². The molecule has 0 amide bonds. The van der Waals surface area contributed by atoms with E-state index in [-0.39, 0.29) is 30.4 Å². The van der Waals surface area contributed by atoms with Gasteiger partial charge in [0.2, 0.25) is 5.92 Å². The molecule has 0 saturated heterocycles. The van der Waals surface area contributed by atoms with Gasteiger partial charge in [-0.2, -0.15) is 0 Å². The van der Waals surface area contributed by atoms with Gasteiger partial charge in [0.05, 0.1) is 12.0 Å². The predicted molar refractivity (Wildman–Crippen MR) is 73.2 cm³/mol. The first-order valence-corrected chi connectivity index (χ1v) is 7.03. The molecule has 21 heavy (non-hydrogen) atoms. The minimum Gasteiger partial charge on any atom is -0.465 e. The second kappa shape index (κ2) is 5.71. The first-order valence-electron chi connectivity index (χ1n) is 6.65. The lowest BCUT2D eigenvalue weighted by atomic mass is 9.69. The van der Waals surface area contributed by atoms with Gasteiger partial charge in [0.25, 0.3) is 0 Å².